The lowest BCUT2D eigenvalue weighted by molar-refractivity contribution is -0.116. The second-order valence-electron chi connectivity index (χ2n) is 4.05. The van der Waals surface area contributed by atoms with Crippen LogP contribution in [0.25, 0.3) is 0 Å². The van der Waals surface area contributed by atoms with Crippen molar-refractivity contribution in [3.63, 3.8) is 0 Å². The third kappa shape index (κ3) is 3.39. The molecule has 0 aromatic heterocycles. The molecule has 78 valence electrons. The Hall–Kier alpha value is -1.01. The van der Waals surface area contributed by atoms with Gasteiger partial charge in [0.1, 0.15) is 0 Å². The van der Waals surface area contributed by atoms with Crippen LogP contribution in [0.5, 0.6) is 0 Å². The smallest absolute Gasteiger partial charge is 0.209 e. The maximum atomic E-state index is 11.2. The Labute approximate surface area is 86.1 Å². The van der Waals surface area contributed by atoms with E-state index in [1.807, 2.05) is 18.7 Å². The summed E-state index contributed by atoms with van der Waals surface area (Å²) in [4.78, 5) is 15.5. The predicted octanol–water partition coefficient (Wildman–Crippen LogP) is 0.420. The minimum absolute atomic E-state index is 0.0231. The van der Waals surface area contributed by atoms with Crippen molar-refractivity contribution in [2.24, 2.45) is 5.92 Å². The Balaban J connectivity index is 2.40. The number of hydrogen-bond donors (Lipinski definition) is 0. The van der Waals surface area contributed by atoms with Crippen LogP contribution in [0.15, 0.2) is 0 Å². The number of carbonyl (C=O) groups excluding carboxylic acids is 1. The standard InChI is InChI=1S/C11H18N2O/c1-10(2)11(14)4-5-13-8-6-12(3)7-9-13/h10H,6-9H2,1-3H3. The fourth-order valence-corrected chi connectivity index (χ4v) is 1.20. The van der Waals surface area contributed by atoms with E-state index in [9.17, 15) is 4.79 Å². The average Bonchev–Trinajstić information content (AvgIpc) is 2.16. The molecule has 1 rings (SSSR count). The van der Waals surface area contributed by atoms with Gasteiger partial charge in [0.05, 0.1) is 0 Å². The maximum absolute atomic E-state index is 11.2. The number of Topliss-reactive ketones (excluding diaryl/α,β-unsaturated/α-hetero) is 1. The van der Waals surface area contributed by atoms with Gasteiger partial charge in [0.25, 0.3) is 0 Å². The molecule has 0 aromatic rings. The molecule has 0 aromatic carbocycles. The van der Waals surface area contributed by atoms with Crippen LogP contribution in [0.4, 0.5) is 0 Å². The number of ketones is 1. The minimum Gasteiger partial charge on any atom is -0.330 e. The Kier molecular flexibility index (Phi) is 3.97. The monoisotopic (exact) mass is 194 g/mol. The first-order valence-corrected chi connectivity index (χ1v) is 5.08. The molecule has 1 aliphatic rings. The van der Waals surface area contributed by atoms with E-state index in [0.29, 0.717) is 0 Å². The molecule has 0 amide bonds. The van der Waals surface area contributed by atoms with E-state index in [4.69, 9.17) is 0 Å². The summed E-state index contributed by atoms with van der Waals surface area (Å²) in [7, 11) is 2.10. The molecule has 14 heavy (non-hydrogen) atoms. The number of likely N-dealkylation sites (N-methyl/N-ethyl adjacent to an activating group) is 1. The Morgan fingerprint density at radius 2 is 1.79 bits per heavy atom. The second kappa shape index (κ2) is 5.02. The van der Waals surface area contributed by atoms with E-state index in [1.54, 1.807) is 0 Å². The van der Waals surface area contributed by atoms with Crippen molar-refractivity contribution in [3.8, 4) is 12.0 Å². The van der Waals surface area contributed by atoms with Gasteiger partial charge in [-0.05, 0) is 13.0 Å². The first-order valence-electron chi connectivity index (χ1n) is 5.08. The van der Waals surface area contributed by atoms with Crippen LogP contribution in [0.3, 0.4) is 0 Å². The maximum Gasteiger partial charge on any atom is 0.209 e. The number of carbonyl (C=O) groups is 1. The summed E-state index contributed by atoms with van der Waals surface area (Å²) in [6.45, 7) is 7.70. The topological polar surface area (TPSA) is 23.6 Å². The summed E-state index contributed by atoms with van der Waals surface area (Å²) in [5.41, 5.74) is 0. The molecule has 0 aliphatic carbocycles. The number of nitrogens with zero attached hydrogens (tertiary/aromatic N) is 2. The molecule has 3 nitrogen and oxygen atoms in total. The van der Waals surface area contributed by atoms with E-state index in [1.165, 1.54) is 0 Å². The average molecular weight is 194 g/mol. The molecule has 0 N–H and O–H groups in total. The summed E-state index contributed by atoms with van der Waals surface area (Å²) in [6, 6.07) is 2.93. The zero-order valence-corrected chi connectivity index (χ0v) is 9.21. The van der Waals surface area contributed by atoms with Crippen LogP contribution in [0.2, 0.25) is 0 Å². The highest BCUT2D eigenvalue weighted by Gasteiger charge is 2.10. The molecule has 0 unspecified atom stereocenters. The molecule has 3 heteroatoms. The molecule has 0 spiro atoms. The van der Waals surface area contributed by atoms with Crippen LogP contribution >= 0.6 is 0 Å². The fraction of sp³-hybridized carbons (Fsp3) is 0.727. The van der Waals surface area contributed by atoms with Gasteiger partial charge in [-0.1, -0.05) is 13.8 Å². The molecule has 0 radical (unpaired) electrons. The van der Waals surface area contributed by atoms with Gasteiger partial charge < -0.3 is 9.80 Å². The van der Waals surface area contributed by atoms with Crippen molar-refractivity contribution >= 4 is 5.78 Å². The van der Waals surface area contributed by atoms with Crippen LogP contribution < -0.4 is 0 Å². The highest BCUT2D eigenvalue weighted by molar-refractivity contribution is 5.96. The Bertz CT molecular complexity index is 254. The van der Waals surface area contributed by atoms with Crippen molar-refractivity contribution < 1.29 is 4.79 Å². The Morgan fingerprint density at radius 3 is 2.29 bits per heavy atom. The molecule has 0 bridgehead atoms. The largest absolute Gasteiger partial charge is 0.330 e. The first-order chi connectivity index (χ1) is 6.59. The summed E-state index contributed by atoms with van der Waals surface area (Å²) >= 11 is 0. The molecule has 1 aliphatic heterocycles. The normalized spacial score (nSPS) is 17.9. The molecule has 0 atom stereocenters. The van der Waals surface area contributed by atoms with Gasteiger partial charge >= 0.3 is 0 Å². The van der Waals surface area contributed by atoms with Gasteiger partial charge in [-0.15, -0.1) is 0 Å². The SMILES string of the molecule is CC(C)C(=O)C#CN1CCN(C)CC1. The summed E-state index contributed by atoms with van der Waals surface area (Å²) in [5, 5.41) is 0. The summed E-state index contributed by atoms with van der Waals surface area (Å²) in [6.07, 6.45) is 0. The fourth-order valence-electron chi connectivity index (χ4n) is 1.20. The quantitative estimate of drug-likeness (QED) is 0.565. The lowest BCUT2D eigenvalue weighted by atomic mass is 10.1. The van der Waals surface area contributed by atoms with Crippen molar-refractivity contribution in [2.75, 3.05) is 33.2 Å². The van der Waals surface area contributed by atoms with E-state index in [-0.39, 0.29) is 11.7 Å². The molecule has 1 saturated heterocycles. The van der Waals surface area contributed by atoms with Crippen molar-refractivity contribution in [1.82, 2.24) is 9.80 Å². The first kappa shape index (κ1) is 11.1. The van der Waals surface area contributed by atoms with Crippen LogP contribution in [0.1, 0.15) is 13.8 Å². The van der Waals surface area contributed by atoms with Crippen molar-refractivity contribution in [2.45, 2.75) is 13.8 Å². The number of hydrogen-bond acceptors (Lipinski definition) is 3. The highest BCUT2D eigenvalue weighted by Crippen LogP contribution is 1.97. The third-order valence-corrected chi connectivity index (χ3v) is 2.36. The lowest BCUT2D eigenvalue weighted by Crippen LogP contribution is -2.42. The van der Waals surface area contributed by atoms with Gasteiger partial charge in [-0.25, -0.2) is 0 Å². The van der Waals surface area contributed by atoms with Gasteiger partial charge in [0.15, 0.2) is 0 Å². The molecule has 1 heterocycles. The minimum atomic E-state index is 0.0231. The number of rotatable bonds is 1. The van der Waals surface area contributed by atoms with Gasteiger partial charge in [0, 0.05) is 38.1 Å². The van der Waals surface area contributed by atoms with Gasteiger partial charge in [-0.3, -0.25) is 4.79 Å². The molecule has 1 fully saturated rings. The second-order valence-corrected chi connectivity index (χ2v) is 4.05. The molecular formula is C11H18N2O. The lowest BCUT2D eigenvalue weighted by Gasteiger charge is -2.29. The van der Waals surface area contributed by atoms with Crippen LogP contribution in [0, 0.1) is 17.9 Å². The Morgan fingerprint density at radius 1 is 1.21 bits per heavy atom. The van der Waals surface area contributed by atoms with Crippen molar-refractivity contribution in [3.05, 3.63) is 0 Å². The van der Waals surface area contributed by atoms with E-state index < -0.39 is 0 Å². The van der Waals surface area contributed by atoms with Crippen LogP contribution in [-0.2, 0) is 4.79 Å². The molecule has 0 saturated carbocycles. The van der Waals surface area contributed by atoms with Gasteiger partial charge in [0.2, 0.25) is 5.78 Å². The van der Waals surface area contributed by atoms with Crippen molar-refractivity contribution in [1.29, 1.82) is 0 Å². The highest BCUT2D eigenvalue weighted by atomic mass is 16.1. The zero-order chi connectivity index (χ0) is 10.6. The summed E-state index contributed by atoms with van der Waals surface area (Å²) < 4.78 is 0. The zero-order valence-electron chi connectivity index (χ0n) is 9.21. The third-order valence-electron chi connectivity index (χ3n) is 2.36. The predicted molar refractivity (Wildman–Crippen MR) is 56.7 cm³/mol. The summed E-state index contributed by atoms with van der Waals surface area (Å²) in [5.74, 6) is 2.74. The van der Waals surface area contributed by atoms with Crippen LogP contribution in [-0.4, -0.2) is 48.8 Å². The van der Waals surface area contributed by atoms with Gasteiger partial charge in [-0.2, -0.15) is 0 Å². The van der Waals surface area contributed by atoms with E-state index >= 15 is 0 Å². The molecular weight excluding hydrogens is 176 g/mol. The number of piperazine rings is 1. The van der Waals surface area contributed by atoms with E-state index in [2.05, 4.69) is 23.9 Å². The van der Waals surface area contributed by atoms with E-state index in [0.717, 1.165) is 26.2 Å².